The summed E-state index contributed by atoms with van der Waals surface area (Å²) in [6.45, 7) is 8.19. The van der Waals surface area contributed by atoms with Gasteiger partial charge in [-0.3, -0.25) is 14.4 Å². The van der Waals surface area contributed by atoms with Gasteiger partial charge in [0, 0.05) is 34.0 Å². The molecule has 0 saturated carbocycles. The molecule has 44 heavy (non-hydrogen) atoms. The van der Waals surface area contributed by atoms with Gasteiger partial charge in [-0.2, -0.15) is 0 Å². The Labute approximate surface area is 266 Å². The van der Waals surface area contributed by atoms with Crippen molar-refractivity contribution >= 4 is 58.0 Å². The summed E-state index contributed by atoms with van der Waals surface area (Å²) in [6.07, 6.45) is 0.506. The Kier molecular flexibility index (Phi) is 8.94. The monoisotopic (exact) mass is 640 g/mol. The maximum absolute atomic E-state index is 15.9. The average molecular weight is 642 g/mol. The first-order chi connectivity index (χ1) is 20.8. The van der Waals surface area contributed by atoms with Crippen molar-refractivity contribution in [3.8, 4) is 0 Å². The van der Waals surface area contributed by atoms with Gasteiger partial charge in [0.25, 0.3) is 0 Å². The highest BCUT2D eigenvalue weighted by Crippen LogP contribution is 2.57. The van der Waals surface area contributed by atoms with Crippen LogP contribution in [0.15, 0.2) is 60.7 Å². The lowest BCUT2D eigenvalue weighted by Crippen LogP contribution is -2.49. The van der Waals surface area contributed by atoms with Crippen molar-refractivity contribution in [2.24, 2.45) is 5.41 Å². The minimum atomic E-state index is -1.35. The van der Waals surface area contributed by atoms with E-state index in [2.05, 4.69) is 42.0 Å². The van der Waals surface area contributed by atoms with Crippen LogP contribution in [-0.4, -0.2) is 43.0 Å². The SMILES string of the molecule is CCOC(=O)CNc1ccc(NC(=O)[C@@H]2N[C@@H](CC(C)(C)C)[C@@]3(C(=O)Nc4cc(Cl)ccc43)[C@H]2c2cccc(Cl)c2F)cc1. The van der Waals surface area contributed by atoms with Crippen LogP contribution >= 0.6 is 23.2 Å². The van der Waals surface area contributed by atoms with Gasteiger partial charge in [0.15, 0.2) is 0 Å². The summed E-state index contributed by atoms with van der Waals surface area (Å²) < 4.78 is 20.9. The van der Waals surface area contributed by atoms with Crippen LogP contribution in [0.3, 0.4) is 0 Å². The number of anilines is 3. The van der Waals surface area contributed by atoms with E-state index in [0.29, 0.717) is 40.7 Å². The predicted octanol–water partition coefficient (Wildman–Crippen LogP) is 6.50. The molecule has 4 N–H and O–H groups in total. The van der Waals surface area contributed by atoms with Crippen LogP contribution in [0.2, 0.25) is 10.0 Å². The molecular weight excluding hydrogens is 606 g/mol. The molecule has 0 aliphatic carbocycles. The smallest absolute Gasteiger partial charge is 0.325 e. The second-order valence-electron chi connectivity index (χ2n) is 12.3. The Balaban J connectivity index is 1.55. The average Bonchev–Trinajstić information content (AvgIpc) is 3.43. The van der Waals surface area contributed by atoms with Crippen molar-refractivity contribution in [1.29, 1.82) is 0 Å². The zero-order valence-corrected chi connectivity index (χ0v) is 26.4. The number of amides is 2. The minimum absolute atomic E-state index is 0.00438. The van der Waals surface area contributed by atoms with Crippen LogP contribution in [0, 0.1) is 11.2 Å². The van der Waals surface area contributed by atoms with Gasteiger partial charge >= 0.3 is 5.97 Å². The molecule has 1 fully saturated rings. The molecule has 1 spiro atoms. The van der Waals surface area contributed by atoms with Crippen molar-refractivity contribution in [3.05, 3.63) is 87.7 Å². The van der Waals surface area contributed by atoms with Crippen LogP contribution in [0.1, 0.15) is 51.2 Å². The standard InChI is InChI=1S/C33H35Cl2FN4O4/c1-5-44-26(41)17-37-19-10-12-20(13-11-19)38-30(42)29-27(21-7-6-8-23(35)28(21)36)33(25(40-29)16-32(2,3)4)22-14-9-18(34)15-24(22)39-31(33)43/h6-15,25,27,29,37,40H,5,16-17H2,1-4H3,(H,38,42)(H,39,43)/t25-,27-,29+,33+/m0/s1. The van der Waals surface area contributed by atoms with E-state index in [9.17, 15) is 14.4 Å². The Morgan fingerprint density at radius 3 is 2.43 bits per heavy atom. The minimum Gasteiger partial charge on any atom is -0.465 e. The number of fused-ring (bicyclic) bond motifs is 2. The van der Waals surface area contributed by atoms with Gasteiger partial charge in [-0.25, -0.2) is 4.39 Å². The molecule has 232 valence electrons. The van der Waals surface area contributed by atoms with E-state index in [1.165, 1.54) is 6.07 Å². The number of carbonyl (C=O) groups is 3. The Bertz CT molecular complexity index is 1590. The summed E-state index contributed by atoms with van der Waals surface area (Å²) in [6, 6.07) is 15.1. The van der Waals surface area contributed by atoms with E-state index in [0.717, 1.165) is 0 Å². The molecule has 3 aromatic rings. The molecule has 8 nitrogen and oxygen atoms in total. The Hall–Kier alpha value is -3.66. The molecule has 0 unspecified atom stereocenters. The summed E-state index contributed by atoms with van der Waals surface area (Å²) in [5, 5.41) is 12.7. The van der Waals surface area contributed by atoms with E-state index in [1.54, 1.807) is 61.5 Å². The number of carbonyl (C=O) groups excluding carboxylic acids is 3. The molecule has 2 heterocycles. The zero-order valence-electron chi connectivity index (χ0n) is 24.9. The van der Waals surface area contributed by atoms with Crippen LogP contribution < -0.4 is 21.3 Å². The van der Waals surface area contributed by atoms with Crippen molar-refractivity contribution in [1.82, 2.24) is 5.32 Å². The molecule has 0 bridgehead atoms. The molecule has 0 radical (unpaired) electrons. The molecule has 0 aromatic heterocycles. The van der Waals surface area contributed by atoms with Crippen molar-refractivity contribution in [3.63, 3.8) is 0 Å². The molecule has 11 heteroatoms. The topological polar surface area (TPSA) is 109 Å². The summed E-state index contributed by atoms with van der Waals surface area (Å²) in [7, 11) is 0. The van der Waals surface area contributed by atoms with Gasteiger partial charge in [0.1, 0.15) is 17.8 Å². The first-order valence-electron chi connectivity index (χ1n) is 14.5. The quantitative estimate of drug-likeness (QED) is 0.209. The first-order valence-corrected chi connectivity index (χ1v) is 15.2. The third kappa shape index (κ3) is 6.01. The fourth-order valence-electron chi connectivity index (χ4n) is 6.43. The van der Waals surface area contributed by atoms with E-state index in [4.69, 9.17) is 27.9 Å². The molecule has 2 amide bonds. The Morgan fingerprint density at radius 2 is 1.75 bits per heavy atom. The van der Waals surface area contributed by atoms with Gasteiger partial charge in [-0.1, -0.05) is 62.2 Å². The summed E-state index contributed by atoms with van der Waals surface area (Å²) in [4.78, 5) is 40.1. The molecule has 2 aliphatic heterocycles. The lowest BCUT2D eigenvalue weighted by Gasteiger charge is -2.37. The normalized spacial score (nSPS) is 22.4. The van der Waals surface area contributed by atoms with Crippen molar-refractivity contribution in [2.45, 2.75) is 57.5 Å². The van der Waals surface area contributed by atoms with Gasteiger partial charge in [0.05, 0.1) is 17.7 Å². The summed E-state index contributed by atoms with van der Waals surface area (Å²) in [5.41, 5.74) is 0.888. The lowest BCUT2D eigenvalue weighted by molar-refractivity contribution is -0.141. The first kappa shape index (κ1) is 31.8. The number of nitrogens with one attached hydrogen (secondary N) is 4. The van der Waals surface area contributed by atoms with Crippen molar-refractivity contribution < 1.29 is 23.5 Å². The van der Waals surface area contributed by atoms with Gasteiger partial charge in [-0.15, -0.1) is 0 Å². The van der Waals surface area contributed by atoms with Crippen molar-refractivity contribution in [2.75, 3.05) is 29.1 Å². The van der Waals surface area contributed by atoms with Gasteiger partial charge in [-0.05, 0) is 72.4 Å². The van der Waals surface area contributed by atoms with E-state index in [1.807, 2.05) is 0 Å². The van der Waals surface area contributed by atoms with E-state index < -0.39 is 35.1 Å². The lowest BCUT2D eigenvalue weighted by atomic mass is 9.62. The van der Waals surface area contributed by atoms with Crippen LogP contribution in [0.5, 0.6) is 0 Å². The summed E-state index contributed by atoms with van der Waals surface area (Å²) >= 11 is 12.6. The maximum Gasteiger partial charge on any atom is 0.325 e. The van der Waals surface area contributed by atoms with Crippen LogP contribution in [0.25, 0.3) is 0 Å². The molecule has 5 rings (SSSR count). The fraction of sp³-hybridized carbons (Fsp3) is 0.364. The third-order valence-electron chi connectivity index (χ3n) is 8.12. The molecule has 1 saturated heterocycles. The zero-order chi connectivity index (χ0) is 31.8. The number of ether oxygens (including phenoxy) is 1. The molecular formula is C33H35Cl2FN4O4. The highest BCUT2D eigenvalue weighted by Gasteiger charge is 2.66. The maximum atomic E-state index is 15.9. The second kappa shape index (κ2) is 12.4. The van der Waals surface area contributed by atoms with E-state index >= 15 is 4.39 Å². The van der Waals surface area contributed by atoms with E-state index in [-0.39, 0.29) is 34.4 Å². The number of benzene rings is 3. The van der Waals surface area contributed by atoms with Crippen LogP contribution in [-0.2, 0) is 24.5 Å². The van der Waals surface area contributed by atoms with Crippen LogP contribution in [0.4, 0.5) is 21.5 Å². The number of esters is 1. The number of hydrogen-bond donors (Lipinski definition) is 4. The number of halogens is 3. The van der Waals surface area contributed by atoms with Gasteiger partial charge in [0.2, 0.25) is 11.8 Å². The highest BCUT2D eigenvalue weighted by molar-refractivity contribution is 6.31. The third-order valence-corrected chi connectivity index (χ3v) is 8.64. The number of hydrogen-bond acceptors (Lipinski definition) is 6. The second-order valence-corrected chi connectivity index (χ2v) is 13.2. The number of rotatable bonds is 8. The van der Waals surface area contributed by atoms with Gasteiger partial charge < -0.3 is 26.0 Å². The molecule has 4 atom stereocenters. The highest BCUT2D eigenvalue weighted by atomic mass is 35.5. The fourth-order valence-corrected chi connectivity index (χ4v) is 6.78. The Morgan fingerprint density at radius 1 is 1.05 bits per heavy atom. The predicted molar refractivity (Wildman–Crippen MR) is 171 cm³/mol. The molecule has 2 aliphatic rings. The molecule has 3 aromatic carbocycles. The largest absolute Gasteiger partial charge is 0.465 e. The summed E-state index contributed by atoms with van der Waals surface area (Å²) in [5.74, 6) is -2.79.